The summed E-state index contributed by atoms with van der Waals surface area (Å²) < 4.78 is 0. The number of nitrogens with one attached hydrogen (secondary N) is 2. The Morgan fingerprint density at radius 3 is 2.21 bits per heavy atom. The highest BCUT2D eigenvalue weighted by atomic mass is 16.2. The molecule has 29 heavy (non-hydrogen) atoms. The van der Waals surface area contributed by atoms with Crippen LogP contribution in [-0.4, -0.2) is 97.4 Å². The topological polar surface area (TPSA) is 80.3 Å². The first kappa shape index (κ1) is 21.9. The lowest BCUT2D eigenvalue weighted by Crippen LogP contribution is -2.57. The lowest BCUT2D eigenvalue weighted by Gasteiger charge is -2.39. The summed E-state index contributed by atoms with van der Waals surface area (Å²) in [5, 5.41) is 6.35. The van der Waals surface area contributed by atoms with Crippen molar-refractivity contribution in [1.29, 1.82) is 0 Å². The molecular formula is C21H38N6O2. The number of amides is 2. The largest absolute Gasteiger partial charge is 0.352 e. The van der Waals surface area contributed by atoms with Crippen molar-refractivity contribution in [2.75, 3.05) is 52.9 Å². The maximum absolute atomic E-state index is 12.6. The van der Waals surface area contributed by atoms with Crippen LogP contribution in [0.1, 0.15) is 51.9 Å². The normalized spacial score (nSPS) is 23.2. The van der Waals surface area contributed by atoms with Crippen LogP contribution >= 0.6 is 0 Å². The van der Waals surface area contributed by atoms with Crippen LogP contribution in [0.25, 0.3) is 0 Å². The van der Waals surface area contributed by atoms with Gasteiger partial charge in [-0.2, -0.15) is 0 Å². The summed E-state index contributed by atoms with van der Waals surface area (Å²) in [6, 6.07) is 0.268. The fourth-order valence-electron chi connectivity index (χ4n) is 4.70. The van der Waals surface area contributed by atoms with Gasteiger partial charge in [-0.3, -0.25) is 19.5 Å². The third-order valence-corrected chi connectivity index (χ3v) is 6.53. The van der Waals surface area contributed by atoms with Gasteiger partial charge in [-0.1, -0.05) is 19.3 Å². The minimum Gasteiger partial charge on any atom is -0.352 e. The molecule has 1 aliphatic carbocycles. The van der Waals surface area contributed by atoms with E-state index in [9.17, 15) is 9.59 Å². The number of hydrogen-bond donors (Lipinski definition) is 2. The number of likely N-dealkylation sites (tertiary alicyclic amines) is 1. The van der Waals surface area contributed by atoms with Gasteiger partial charge in [0.15, 0.2) is 5.96 Å². The molecule has 3 fully saturated rings. The molecule has 1 unspecified atom stereocenters. The molecule has 164 valence electrons. The van der Waals surface area contributed by atoms with Crippen molar-refractivity contribution in [3.8, 4) is 0 Å². The summed E-state index contributed by atoms with van der Waals surface area (Å²) in [5.41, 5.74) is 0. The second kappa shape index (κ2) is 10.8. The standard InChI is InChI=1S/C21H38N6O2/c1-17(20(29)26-10-6-7-11-26)25-12-14-27(15-13-25)21(22-2)23-16-19(28)24-18-8-4-3-5-9-18/h17-18H,3-16H2,1-2H3,(H,22,23)(H,24,28). The van der Waals surface area contributed by atoms with E-state index in [2.05, 4.69) is 25.4 Å². The second-order valence-electron chi connectivity index (χ2n) is 8.53. The summed E-state index contributed by atoms with van der Waals surface area (Å²) in [6.07, 6.45) is 8.15. The first-order valence-corrected chi connectivity index (χ1v) is 11.4. The zero-order valence-electron chi connectivity index (χ0n) is 18.2. The van der Waals surface area contributed by atoms with Gasteiger partial charge in [0, 0.05) is 52.4 Å². The average Bonchev–Trinajstić information content (AvgIpc) is 3.29. The van der Waals surface area contributed by atoms with Gasteiger partial charge >= 0.3 is 0 Å². The predicted molar refractivity (Wildman–Crippen MR) is 115 cm³/mol. The Balaban J connectivity index is 1.40. The van der Waals surface area contributed by atoms with Gasteiger partial charge in [0.25, 0.3) is 0 Å². The van der Waals surface area contributed by atoms with E-state index in [1.807, 2.05) is 11.8 Å². The van der Waals surface area contributed by atoms with Crippen molar-refractivity contribution < 1.29 is 9.59 Å². The molecule has 0 aromatic heterocycles. The van der Waals surface area contributed by atoms with Crippen molar-refractivity contribution in [2.45, 2.75) is 64.0 Å². The first-order chi connectivity index (χ1) is 14.1. The molecule has 0 aromatic rings. The van der Waals surface area contributed by atoms with Crippen LogP contribution in [0.2, 0.25) is 0 Å². The number of carbonyl (C=O) groups excluding carboxylic acids is 2. The van der Waals surface area contributed by atoms with Crippen LogP contribution in [0.3, 0.4) is 0 Å². The maximum atomic E-state index is 12.6. The highest BCUT2D eigenvalue weighted by Crippen LogP contribution is 2.17. The molecule has 0 spiro atoms. The van der Waals surface area contributed by atoms with Gasteiger partial charge in [-0.15, -0.1) is 0 Å². The number of piperazine rings is 1. The molecule has 2 saturated heterocycles. The molecule has 0 aromatic carbocycles. The van der Waals surface area contributed by atoms with Crippen LogP contribution < -0.4 is 10.6 Å². The Morgan fingerprint density at radius 1 is 0.931 bits per heavy atom. The SMILES string of the molecule is CN=C(NCC(=O)NC1CCCCC1)N1CCN(C(C)C(=O)N2CCCC2)CC1. The van der Waals surface area contributed by atoms with Crippen LogP contribution in [0, 0.1) is 0 Å². The number of aliphatic imine (C=N–C) groups is 1. The summed E-state index contributed by atoms with van der Waals surface area (Å²) in [7, 11) is 1.76. The van der Waals surface area contributed by atoms with Gasteiger partial charge in [0.05, 0.1) is 12.6 Å². The van der Waals surface area contributed by atoms with E-state index in [0.29, 0.717) is 6.04 Å². The third kappa shape index (κ3) is 6.07. The van der Waals surface area contributed by atoms with Gasteiger partial charge in [0.2, 0.25) is 11.8 Å². The van der Waals surface area contributed by atoms with E-state index in [1.165, 1.54) is 19.3 Å². The Bertz CT molecular complexity index is 576. The highest BCUT2D eigenvalue weighted by Gasteiger charge is 2.30. The summed E-state index contributed by atoms with van der Waals surface area (Å²) in [5.74, 6) is 1.07. The zero-order chi connectivity index (χ0) is 20.6. The molecule has 8 nitrogen and oxygen atoms in total. The second-order valence-corrected chi connectivity index (χ2v) is 8.53. The van der Waals surface area contributed by atoms with Crippen LogP contribution in [0.5, 0.6) is 0 Å². The monoisotopic (exact) mass is 406 g/mol. The Morgan fingerprint density at radius 2 is 1.59 bits per heavy atom. The van der Waals surface area contributed by atoms with E-state index in [1.54, 1.807) is 7.05 Å². The van der Waals surface area contributed by atoms with Crippen LogP contribution in [0.4, 0.5) is 0 Å². The Hall–Kier alpha value is -1.83. The van der Waals surface area contributed by atoms with E-state index >= 15 is 0 Å². The molecule has 3 aliphatic rings. The third-order valence-electron chi connectivity index (χ3n) is 6.53. The first-order valence-electron chi connectivity index (χ1n) is 11.4. The zero-order valence-corrected chi connectivity index (χ0v) is 18.2. The van der Waals surface area contributed by atoms with Crippen molar-refractivity contribution >= 4 is 17.8 Å². The number of rotatable bonds is 5. The molecule has 1 saturated carbocycles. The molecule has 8 heteroatoms. The molecule has 0 radical (unpaired) electrons. The van der Waals surface area contributed by atoms with Gasteiger partial charge in [-0.25, -0.2) is 0 Å². The molecular weight excluding hydrogens is 368 g/mol. The molecule has 2 amide bonds. The lowest BCUT2D eigenvalue weighted by molar-refractivity contribution is -0.135. The fraction of sp³-hybridized carbons (Fsp3) is 0.857. The molecule has 1 atom stereocenters. The van der Waals surface area contributed by atoms with Crippen LogP contribution in [0.15, 0.2) is 4.99 Å². The minimum absolute atomic E-state index is 0.0431. The molecule has 2 aliphatic heterocycles. The number of hydrogen-bond acceptors (Lipinski definition) is 4. The summed E-state index contributed by atoms with van der Waals surface area (Å²) in [6.45, 7) is 7.37. The Kier molecular flexibility index (Phi) is 8.15. The molecule has 0 bridgehead atoms. The quantitative estimate of drug-likeness (QED) is 0.517. The summed E-state index contributed by atoms with van der Waals surface area (Å²) in [4.78, 5) is 35.7. The van der Waals surface area contributed by atoms with Crippen molar-refractivity contribution in [3.63, 3.8) is 0 Å². The number of guanidine groups is 1. The number of nitrogens with zero attached hydrogens (tertiary/aromatic N) is 4. The average molecular weight is 407 g/mol. The Labute approximate surface area is 175 Å². The highest BCUT2D eigenvalue weighted by molar-refractivity contribution is 5.86. The molecule has 2 heterocycles. The van der Waals surface area contributed by atoms with Crippen molar-refractivity contribution in [3.05, 3.63) is 0 Å². The van der Waals surface area contributed by atoms with E-state index < -0.39 is 0 Å². The van der Waals surface area contributed by atoms with Crippen LogP contribution in [-0.2, 0) is 9.59 Å². The molecule has 3 rings (SSSR count). The fourth-order valence-corrected chi connectivity index (χ4v) is 4.70. The van der Waals surface area contributed by atoms with Crippen molar-refractivity contribution in [2.24, 2.45) is 4.99 Å². The van der Waals surface area contributed by atoms with Crippen molar-refractivity contribution in [1.82, 2.24) is 25.3 Å². The predicted octanol–water partition coefficient (Wildman–Crippen LogP) is 0.639. The minimum atomic E-state index is -0.0634. The number of carbonyl (C=O) groups is 2. The van der Waals surface area contributed by atoms with E-state index in [-0.39, 0.29) is 24.4 Å². The lowest BCUT2D eigenvalue weighted by atomic mass is 9.95. The van der Waals surface area contributed by atoms with Gasteiger partial charge < -0.3 is 20.4 Å². The molecule has 2 N–H and O–H groups in total. The van der Waals surface area contributed by atoms with E-state index in [4.69, 9.17) is 0 Å². The van der Waals surface area contributed by atoms with E-state index in [0.717, 1.165) is 70.9 Å². The van der Waals surface area contributed by atoms with Gasteiger partial charge in [0.1, 0.15) is 0 Å². The van der Waals surface area contributed by atoms with Gasteiger partial charge in [-0.05, 0) is 32.6 Å². The maximum Gasteiger partial charge on any atom is 0.239 e. The smallest absolute Gasteiger partial charge is 0.239 e. The summed E-state index contributed by atoms with van der Waals surface area (Å²) >= 11 is 0.